The molecule has 0 fully saturated rings. The maximum absolute atomic E-state index is 11.4. The van der Waals surface area contributed by atoms with E-state index in [-0.39, 0.29) is 5.69 Å². The lowest BCUT2D eigenvalue weighted by Crippen LogP contribution is -2.08. The van der Waals surface area contributed by atoms with Gasteiger partial charge in [0.15, 0.2) is 5.69 Å². The van der Waals surface area contributed by atoms with Crippen molar-refractivity contribution in [1.29, 1.82) is 0 Å². The predicted molar refractivity (Wildman–Crippen MR) is 84.9 cm³/mol. The second-order valence-electron chi connectivity index (χ2n) is 5.15. The molecular formula is C16H15N3O2S. The summed E-state index contributed by atoms with van der Waals surface area (Å²) in [5.41, 5.74) is 3.65. The van der Waals surface area contributed by atoms with Crippen molar-refractivity contribution in [3.8, 4) is 5.69 Å². The number of carboxylic acids is 1. The molecule has 5 nitrogen and oxygen atoms in total. The summed E-state index contributed by atoms with van der Waals surface area (Å²) in [6.07, 6.45) is 0.500. The van der Waals surface area contributed by atoms with E-state index in [4.69, 9.17) is 0 Å². The summed E-state index contributed by atoms with van der Waals surface area (Å²) in [6.45, 7) is 4.01. The summed E-state index contributed by atoms with van der Waals surface area (Å²) < 4.78 is 1.64. The number of carboxylic acid groups (broad SMARTS) is 1. The first kappa shape index (κ1) is 14.5. The van der Waals surface area contributed by atoms with Gasteiger partial charge in [-0.25, -0.2) is 9.48 Å². The van der Waals surface area contributed by atoms with E-state index in [1.165, 1.54) is 0 Å². The molecule has 0 amide bonds. The van der Waals surface area contributed by atoms with Crippen LogP contribution in [0, 0.1) is 13.8 Å². The minimum absolute atomic E-state index is 0.00775. The van der Waals surface area contributed by atoms with Gasteiger partial charge in [0.1, 0.15) is 0 Å². The minimum Gasteiger partial charge on any atom is -0.476 e. The number of carbonyl (C=O) groups is 1. The molecule has 2 aromatic heterocycles. The van der Waals surface area contributed by atoms with E-state index in [1.807, 2.05) is 49.6 Å². The van der Waals surface area contributed by atoms with Crippen LogP contribution in [0.1, 0.15) is 32.2 Å². The Morgan fingerprint density at radius 2 is 2.14 bits per heavy atom. The Morgan fingerprint density at radius 3 is 2.77 bits per heavy atom. The molecule has 0 aliphatic carbocycles. The van der Waals surface area contributed by atoms with Crippen molar-refractivity contribution in [2.75, 3.05) is 0 Å². The molecule has 3 aromatic rings. The third-order valence-corrected chi connectivity index (χ3v) is 4.34. The lowest BCUT2D eigenvalue weighted by atomic mass is 10.1. The van der Waals surface area contributed by atoms with Crippen LogP contribution in [0.5, 0.6) is 0 Å². The molecule has 1 aromatic carbocycles. The van der Waals surface area contributed by atoms with E-state index < -0.39 is 5.97 Å². The van der Waals surface area contributed by atoms with Gasteiger partial charge in [-0.1, -0.05) is 29.0 Å². The fourth-order valence-corrected chi connectivity index (χ4v) is 3.15. The molecule has 6 heteroatoms. The van der Waals surface area contributed by atoms with E-state index in [1.54, 1.807) is 16.0 Å². The molecule has 0 radical (unpaired) electrons. The molecule has 22 heavy (non-hydrogen) atoms. The number of nitrogens with zero attached hydrogens (tertiary/aromatic N) is 3. The van der Waals surface area contributed by atoms with Crippen molar-refractivity contribution in [2.24, 2.45) is 0 Å². The molecule has 0 saturated carbocycles. The topological polar surface area (TPSA) is 68.0 Å². The Hall–Kier alpha value is -2.47. The maximum atomic E-state index is 11.4. The lowest BCUT2D eigenvalue weighted by molar-refractivity contribution is 0.0689. The van der Waals surface area contributed by atoms with Crippen molar-refractivity contribution in [1.82, 2.24) is 15.0 Å². The summed E-state index contributed by atoms with van der Waals surface area (Å²) >= 11 is 1.59. The number of benzene rings is 1. The smallest absolute Gasteiger partial charge is 0.358 e. The molecule has 1 N–H and O–H groups in total. The van der Waals surface area contributed by atoms with Gasteiger partial charge >= 0.3 is 5.97 Å². The second-order valence-corrected chi connectivity index (χ2v) is 6.18. The fraction of sp³-hybridized carbons (Fsp3) is 0.188. The summed E-state index contributed by atoms with van der Waals surface area (Å²) in [4.78, 5) is 12.5. The normalized spacial score (nSPS) is 10.8. The van der Waals surface area contributed by atoms with Crippen LogP contribution in [-0.2, 0) is 6.42 Å². The van der Waals surface area contributed by atoms with Crippen molar-refractivity contribution in [3.05, 3.63) is 63.1 Å². The van der Waals surface area contributed by atoms with Gasteiger partial charge in [0, 0.05) is 11.3 Å². The Morgan fingerprint density at radius 1 is 1.32 bits per heavy atom. The third kappa shape index (κ3) is 2.65. The van der Waals surface area contributed by atoms with E-state index in [0.29, 0.717) is 12.1 Å². The van der Waals surface area contributed by atoms with Gasteiger partial charge in [0.25, 0.3) is 0 Å². The maximum Gasteiger partial charge on any atom is 0.358 e. The summed E-state index contributed by atoms with van der Waals surface area (Å²) in [7, 11) is 0. The average Bonchev–Trinajstić information content (AvgIpc) is 3.09. The Labute approximate surface area is 131 Å². The first-order valence-electron chi connectivity index (χ1n) is 6.84. The van der Waals surface area contributed by atoms with Gasteiger partial charge in [-0.3, -0.25) is 0 Å². The molecule has 0 atom stereocenters. The van der Waals surface area contributed by atoms with E-state index >= 15 is 0 Å². The monoisotopic (exact) mass is 313 g/mol. The predicted octanol–water partition coefficient (Wildman–Crippen LogP) is 3.23. The molecule has 0 spiro atoms. The molecule has 0 aliphatic rings. The molecule has 0 saturated heterocycles. The highest BCUT2D eigenvalue weighted by molar-refractivity contribution is 7.09. The molecule has 0 bridgehead atoms. The minimum atomic E-state index is -1.05. The van der Waals surface area contributed by atoms with E-state index in [2.05, 4.69) is 10.3 Å². The molecule has 2 heterocycles. The number of rotatable bonds is 4. The van der Waals surface area contributed by atoms with E-state index in [0.717, 1.165) is 21.7 Å². The Bertz CT molecular complexity index is 822. The van der Waals surface area contributed by atoms with Gasteiger partial charge in [-0.15, -0.1) is 16.4 Å². The quantitative estimate of drug-likeness (QED) is 0.803. The van der Waals surface area contributed by atoms with Crippen LogP contribution in [0.4, 0.5) is 0 Å². The average molecular weight is 313 g/mol. The van der Waals surface area contributed by atoms with E-state index in [9.17, 15) is 9.90 Å². The SMILES string of the molecule is Cc1ccc(-n2nnc(C(=O)O)c2Cc2cccs2)c(C)c1. The molecule has 112 valence electrons. The van der Waals surface area contributed by atoms with Gasteiger partial charge < -0.3 is 5.11 Å². The molecule has 3 rings (SSSR count). The second kappa shape index (κ2) is 5.73. The Kier molecular flexibility index (Phi) is 3.77. The van der Waals surface area contributed by atoms with Gasteiger partial charge in [-0.05, 0) is 36.9 Å². The zero-order chi connectivity index (χ0) is 15.7. The number of hydrogen-bond acceptors (Lipinski definition) is 4. The first-order valence-corrected chi connectivity index (χ1v) is 7.72. The number of thiophene rings is 1. The van der Waals surface area contributed by atoms with Gasteiger partial charge in [-0.2, -0.15) is 0 Å². The van der Waals surface area contributed by atoms with Crippen molar-refractivity contribution in [3.63, 3.8) is 0 Å². The highest BCUT2D eigenvalue weighted by Gasteiger charge is 2.21. The van der Waals surface area contributed by atoms with Crippen LogP contribution in [0.3, 0.4) is 0 Å². The standard InChI is InChI=1S/C16H15N3O2S/c1-10-5-6-13(11(2)8-10)19-14(9-12-4-3-7-22-12)15(16(20)21)17-18-19/h3-8H,9H2,1-2H3,(H,20,21). The van der Waals surface area contributed by atoms with Crippen molar-refractivity contribution >= 4 is 17.3 Å². The van der Waals surface area contributed by atoms with Gasteiger partial charge in [0.2, 0.25) is 0 Å². The highest BCUT2D eigenvalue weighted by Crippen LogP contribution is 2.22. The summed E-state index contributed by atoms with van der Waals surface area (Å²) in [5.74, 6) is -1.05. The summed E-state index contributed by atoms with van der Waals surface area (Å²) in [6, 6.07) is 9.91. The van der Waals surface area contributed by atoms with Gasteiger partial charge in [0.05, 0.1) is 11.4 Å². The van der Waals surface area contributed by atoms with Crippen LogP contribution < -0.4 is 0 Å². The van der Waals surface area contributed by atoms with Crippen LogP contribution in [0.25, 0.3) is 5.69 Å². The van der Waals surface area contributed by atoms with Crippen molar-refractivity contribution < 1.29 is 9.90 Å². The largest absolute Gasteiger partial charge is 0.476 e. The third-order valence-electron chi connectivity index (χ3n) is 3.47. The Balaban J connectivity index is 2.13. The van der Waals surface area contributed by atoms with Crippen LogP contribution in [-0.4, -0.2) is 26.1 Å². The zero-order valence-corrected chi connectivity index (χ0v) is 13.1. The number of hydrogen-bond donors (Lipinski definition) is 1. The highest BCUT2D eigenvalue weighted by atomic mass is 32.1. The first-order chi connectivity index (χ1) is 10.6. The van der Waals surface area contributed by atoms with Crippen LogP contribution in [0.2, 0.25) is 0 Å². The van der Waals surface area contributed by atoms with Crippen LogP contribution in [0.15, 0.2) is 35.7 Å². The fourth-order valence-electron chi connectivity index (χ4n) is 2.44. The molecular weight excluding hydrogens is 298 g/mol. The van der Waals surface area contributed by atoms with Crippen molar-refractivity contribution in [2.45, 2.75) is 20.3 Å². The number of aromatic carboxylic acids is 1. The summed E-state index contributed by atoms with van der Waals surface area (Å²) in [5, 5.41) is 19.3. The molecule has 0 unspecified atom stereocenters. The number of aryl methyl sites for hydroxylation is 2. The number of aromatic nitrogens is 3. The lowest BCUT2D eigenvalue weighted by Gasteiger charge is -2.10. The van der Waals surface area contributed by atoms with Crippen LogP contribution >= 0.6 is 11.3 Å². The zero-order valence-electron chi connectivity index (χ0n) is 12.3. The molecule has 0 aliphatic heterocycles.